The van der Waals surface area contributed by atoms with Crippen LogP contribution in [-0.4, -0.2) is 65.7 Å². The molecule has 0 spiro atoms. The topological polar surface area (TPSA) is 78.0 Å². The van der Waals surface area contributed by atoms with Crippen molar-refractivity contribution in [2.75, 3.05) is 42.5 Å². The first-order chi connectivity index (χ1) is 16.3. The number of Topliss-reactive ketones (excluding diaryl/α,β-unsaturated/α-hetero) is 1. The number of carbonyl (C=O) groups excluding carboxylic acids is 2. The van der Waals surface area contributed by atoms with E-state index in [1.165, 1.54) is 11.8 Å². The van der Waals surface area contributed by atoms with Crippen LogP contribution in [0.3, 0.4) is 0 Å². The number of halogens is 2. The number of hydrogen-bond donors (Lipinski definition) is 1. The van der Waals surface area contributed by atoms with Crippen LogP contribution in [0.1, 0.15) is 25.5 Å². The fourth-order valence-corrected chi connectivity index (χ4v) is 4.29. The Balaban J connectivity index is 1.45. The summed E-state index contributed by atoms with van der Waals surface area (Å²) in [4.78, 5) is 31.0. The normalized spacial score (nSPS) is 18.6. The molecule has 1 aromatic heterocycles. The number of cyclic esters (lactones) is 1. The SMILES string of the molecule is CC(=O)CC[C@H]1CN(c2cc(F)c(N3CCNN(C(=S)c4ccccn4)CC3)c(F)c2)C(=O)O1. The Morgan fingerprint density at radius 3 is 2.68 bits per heavy atom. The molecule has 3 heterocycles. The van der Waals surface area contributed by atoms with Crippen molar-refractivity contribution in [1.29, 1.82) is 0 Å². The number of amides is 1. The molecule has 180 valence electrons. The Hall–Kier alpha value is -3.18. The lowest BCUT2D eigenvalue weighted by molar-refractivity contribution is -0.117. The monoisotopic (exact) mass is 489 g/mol. The molecule has 2 aromatic rings. The number of aromatic nitrogens is 1. The second kappa shape index (κ2) is 10.4. The molecule has 1 N–H and O–H groups in total. The molecule has 34 heavy (non-hydrogen) atoms. The molecule has 1 amide bonds. The summed E-state index contributed by atoms with van der Waals surface area (Å²) in [7, 11) is 0. The highest BCUT2D eigenvalue weighted by Crippen LogP contribution is 2.31. The first-order valence-electron chi connectivity index (χ1n) is 11.0. The summed E-state index contributed by atoms with van der Waals surface area (Å²) in [5, 5.41) is 1.75. The molecular weight excluding hydrogens is 464 g/mol. The van der Waals surface area contributed by atoms with Crippen LogP contribution in [0.5, 0.6) is 0 Å². The molecule has 1 atom stereocenters. The Bertz CT molecular complexity index is 1060. The highest BCUT2D eigenvalue weighted by atomic mass is 32.1. The zero-order chi connectivity index (χ0) is 24.2. The predicted molar refractivity (Wildman–Crippen MR) is 127 cm³/mol. The Kier molecular flexibility index (Phi) is 7.32. The number of ether oxygens (including phenoxy) is 1. The van der Waals surface area contributed by atoms with Gasteiger partial charge in [0.05, 0.1) is 24.5 Å². The van der Waals surface area contributed by atoms with Gasteiger partial charge in [0.1, 0.15) is 22.6 Å². The maximum absolute atomic E-state index is 15.1. The summed E-state index contributed by atoms with van der Waals surface area (Å²) >= 11 is 5.51. The van der Waals surface area contributed by atoms with Crippen molar-refractivity contribution >= 4 is 40.5 Å². The van der Waals surface area contributed by atoms with E-state index in [0.717, 1.165) is 12.1 Å². The minimum Gasteiger partial charge on any atom is -0.444 e. The maximum atomic E-state index is 15.1. The van der Waals surface area contributed by atoms with Crippen LogP contribution in [0, 0.1) is 11.6 Å². The van der Waals surface area contributed by atoms with E-state index in [9.17, 15) is 9.59 Å². The lowest BCUT2D eigenvalue weighted by Crippen LogP contribution is -2.43. The van der Waals surface area contributed by atoms with E-state index in [1.54, 1.807) is 28.2 Å². The summed E-state index contributed by atoms with van der Waals surface area (Å²) < 4.78 is 35.5. The maximum Gasteiger partial charge on any atom is 0.414 e. The van der Waals surface area contributed by atoms with Crippen molar-refractivity contribution in [3.63, 3.8) is 0 Å². The summed E-state index contributed by atoms with van der Waals surface area (Å²) in [6.45, 7) is 3.09. The second-order valence-electron chi connectivity index (χ2n) is 8.18. The molecule has 2 aliphatic heterocycles. The van der Waals surface area contributed by atoms with Gasteiger partial charge in [0, 0.05) is 44.4 Å². The summed E-state index contributed by atoms with van der Waals surface area (Å²) in [5.41, 5.74) is 3.74. The fraction of sp³-hybridized carbons (Fsp3) is 0.391. The van der Waals surface area contributed by atoms with Gasteiger partial charge in [-0.2, -0.15) is 0 Å². The van der Waals surface area contributed by atoms with Crippen molar-refractivity contribution in [3.05, 3.63) is 53.9 Å². The highest BCUT2D eigenvalue weighted by Gasteiger charge is 2.34. The number of pyridine rings is 1. The number of nitrogens with zero attached hydrogens (tertiary/aromatic N) is 4. The number of nitrogens with one attached hydrogen (secondary N) is 1. The van der Waals surface area contributed by atoms with Gasteiger partial charge in [0.25, 0.3) is 0 Å². The molecule has 2 saturated heterocycles. The summed E-state index contributed by atoms with van der Waals surface area (Å²) in [6.07, 6.45) is 1.13. The van der Waals surface area contributed by atoms with Crippen molar-refractivity contribution in [2.45, 2.75) is 25.9 Å². The molecule has 2 fully saturated rings. The number of benzene rings is 1. The average Bonchev–Trinajstić information content (AvgIpc) is 3.02. The molecular formula is C23H25F2N5O3S. The van der Waals surface area contributed by atoms with Crippen LogP contribution in [-0.2, 0) is 9.53 Å². The lowest BCUT2D eigenvalue weighted by Gasteiger charge is -2.25. The number of ketones is 1. The molecule has 0 aliphatic carbocycles. The van der Waals surface area contributed by atoms with Gasteiger partial charge < -0.3 is 14.4 Å². The van der Waals surface area contributed by atoms with Gasteiger partial charge >= 0.3 is 6.09 Å². The standard InChI is InChI=1S/C23H25F2N5O3S/c1-15(31)5-6-17-14-29(23(32)33-17)16-12-18(24)21(19(25)13-16)28-9-8-27-30(11-10-28)22(34)20-4-2-3-7-26-20/h2-4,7,12-13,17,27H,5-6,8-11,14H2,1H3/t17-/m0/s1. The Labute approximate surface area is 201 Å². The van der Waals surface area contributed by atoms with E-state index in [4.69, 9.17) is 17.0 Å². The summed E-state index contributed by atoms with van der Waals surface area (Å²) in [5.74, 6) is -1.55. The number of hydrazine groups is 1. The molecule has 11 heteroatoms. The minimum absolute atomic E-state index is 0.0118. The van der Waals surface area contributed by atoms with Crippen LogP contribution in [0.25, 0.3) is 0 Å². The third kappa shape index (κ3) is 5.31. The van der Waals surface area contributed by atoms with Crippen LogP contribution < -0.4 is 15.2 Å². The van der Waals surface area contributed by atoms with E-state index in [0.29, 0.717) is 43.3 Å². The molecule has 4 rings (SSSR count). The Morgan fingerprint density at radius 1 is 1.24 bits per heavy atom. The zero-order valence-corrected chi connectivity index (χ0v) is 19.5. The fourth-order valence-electron chi connectivity index (χ4n) is 4.01. The first kappa shape index (κ1) is 24.0. The van der Waals surface area contributed by atoms with Gasteiger partial charge in [0.2, 0.25) is 0 Å². The number of rotatable bonds is 6. The quantitative estimate of drug-likeness (QED) is 0.621. The molecule has 0 radical (unpaired) electrons. The predicted octanol–water partition coefficient (Wildman–Crippen LogP) is 3.06. The molecule has 0 bridgehead atoms. The molecule has 0 saturated carbocycles. The van der Waals surface area contributed by atoms with E-state index in [2.05, 4.69) is 10.4 Å². The Morgan fingerprint density at radius 2 is 2.00 bits per heavy atom. The third-order valence-electron chi connectivity index (χ3n) is 5.73. The lowest BCUT2D eigenvalue weighted by atomic mass is 10.1. The van der Waals surface area contributed by atoms with E-state index < -0.39 is 23.8 Å². The van der Waals surface area contributed by atoms with Gasteiger partial charge in [-0.1, -0.05) is 18.3 Å². The van der Waals surface area contributed by atoms with Gasteiger partial charge in [-0.15, -0.1) is 0 Å². The molecule has 1 aromatic carbocycles. The van der Waals surface area contributed by atoms with Crippen LogP contribution in [0.4, 0.5) is 25.0 Å². The van der Waals surface area contributed by atoms with Crippen LogP contribution >= 0.6 is 12.2 Å². The highest BCUT2D eigenvalue weighted by molar-refractivity contribution is 7.80. The number of thiocarbonyl (C=S) groups is 1. The van der Waals surface area contributed by atoms with Crippen molar-refractivity contribution in [1.82, 2.24) is 15.4 Å². The minimum atomic E-state index is -0.768. The average molecular weight is 490 g/mol. The van der Waals surface area contributed by atoms with Crippen molar-refractivity contribution in [3.8, 4) is 0 Å². The largest absolute Gasteiger partial charge is 0.444 e. The van der Waals surface area contributed by atoms with Gasteiger partial charge in [0.15, 0.2) is 11.6 Å². The number of carbonyl (C=O) groups is 2. The smallest absolute Gasteiger partial charge is 0.414 e. The second-order valence-corrected chi connectivity index (χ2v) is 8.57. The van der Waals surface area contributed by atoms with Gasteiger partial charge in [-0.25, -0.2) is 19.0 Å². The van der Waals surface area contributed by atoms with E-state index in [1.807, 2.05) is 6.07 Å². The summed E-state index contributed by atoms with van der Waals surface area (Å²) in [6, 6.07) is 7.72. The van der Waals surface area contributed by atoms with Crippen molar-refractivity contribution in [2.24, 2.45) is 0 Å². The number of anilines is 2. The molecule has 0 unspecified atom stereocenters. The van der Waals surface area contributed by atoms with Gasteiger partial charge in [-0.05, 0) is 25.5 Å². The van der Waals surface area contributed by atoms with E-state index >= 15 is 8.78 Å². The number of hydrogen-bond acceptors (Lipinski definition) is 7. The van der Waals surface area contributed by atoms with Crippen molar-refractivity contribution < 1.29 is 23.1 Å². The van der Waals surface area contributed by atoms with Crippen LogP contribution in [0.2, 0.25) is 0 Å². The first-order valence-corrected chi connectivity index (χ1v) is 11.4. The molecule has 8 nitrogen and oxygen atoms in total. The van der Waals surface area contributed by atoms with Crippen LogP contribution in [0.15, 0.2) is 36.5 Å². The zero-order valence-electron chi connectivity index (χ0n) is 18.7. The molecule has 2 aliphatic rings. The van der Waals surface area contributed by atoms with Gasteiger partial charge in [-0.3, -0.25) is 14.9 Å². The van der Waals surface area contributed by atoms with E-state index in [-0.39, 0.29) is 30.1 Å². The third-order valence-corrected chi connectivity index (χ3v) is 6.16.